The van der Waals surface area contributed by atoms with Crippen molar-refractivity contribution in [1.29, 1.82) is 0 Å². The molecule has 4 aromatic rings. The number of ether oxygens (including phenoxy) is 1. The summed E-state index contributed by atoms with van der Waals surface area (Å²) in [5, 5.41) is 12.1. The second kappa shape index (κ2) is 13.4. The van der Waals surface area contributed by atoms with Crippen LogP contribution in [0.4, 0.5) is 0 Å². The molecular formula is C31H32N6O5S. The quantitative estimate of drug-likeness (QED) is 0.342. The van der Waals surface area contributed by atoms with Crippen molar-refractivity contribution < 1.29 is 23.9 Å². The molecule has 2 N–H and O–H groups in total. The van der Waals surface area contributed by atoms with Gasteiger partial charge in [0.15, 0.2) is 11.6 Å². The highest BCUT2D eigenvalue weighted by molar-refractivity contribution is 7.12. The molecule has 5 rings (SSSR count). The van der Waals surface area contributed by atoms with Gasteiger partial charge in [-0.1, -0.05) is 36.4 Å². The minimum absolute atomic E-state index is 0.133. The molecular weight excluding hydrogens is 568 g/mol. The monoisotopic (exact) mass is 600 g/mol. The van der Waals surface area contributed by atoms with E-state index in [-0.39, 0.29) is 43.2 Å². The lowest BCUT2D eigenvalue weighted by Crippen LogP contribution is -2.43. The number of ketones is 1. The molecule has 2 aromatic heterocycles. The van der Waals surface area contributed by atoms with Crippen molar-refractivity contribution in [2.75, 3.05) is 26.2 Å². The standard InChI is InChI=1S/C31H32N6O5S/c1-20-29-34-28(22-8-4-3-5-9-22)35-37(29)14-15-42-25-11-6-10-23(16-25)30(40)32-12-7-13-36(18-27(39)33-20)31(41)24-17-26(21(2)38)43-19-24/h3-6,8-11,16-17,19-20H,7,12-15,18H2,1-2H3,(H,32,40)(H,33,39)/t20-/m0/s1. The molecule has 1 aliphatic heterocycles. The number of hydrogen-bond acceptors (Lipinski definition) is 8. The number of benzene rings is 2. The summed E-state index contributed by atoms with van der Waals surface area (Å²) in [6.07, 6.45) is 0.412. The molecule has 0 aliphatic carbocycles. The highest BCUT2D eigenvalue weighted by Crippen LogP contribution is 2.21. The smallest absolute Gasteiger partial charge is 0.255 e. The maximum atomic E-state index is 13.4. The third-order valence-corrected chi connectivity index (χ3v) is 7.90. The molecule has 0 fully saturated rings. The average molecular weight is 601 g/mol. The van der Waals surface area contributed by atoms with Crippen LogP contribution in [0.15, 0.2) is 66.0 Å². The zero-order valence-corrected chi connectivity index (χ0v) is 24.7. The molecule has 12 heteroatoms. The van der Waals surface area contributed by atoms with Gasteiger partial charge in [-0.3, -0.25) is 19.2 Å². The Hall–Kier alpha value is -4.84. The van der Waals surface area contributed by atoms with Crippen LogP contribution in [0.3, 0.4) is 0 Å². The van der Waals surface area contributed by atoms with E-state index in [0.717, 1.165) is 5.56 Å². The van der Waals surface area contributed by atoms with Gasteiger partial charge in [-0.05, 0) is 44.5 Å². The number of nitrogens with one attached hydrogen (secondary N) is 2. The lowest BCUT2D eigenvalue weighted by molar-refractivity contribution is -0.122. The number of amides is 3. The maximum absolute atomic E-state index is 13.4. The van der Waals surface area contributed by atoms with Crippen LogP contribution in [-0.2, 0) is 11.3 Å². The van der Waals surface area contributed by atoms with Crippen LogP contribution in [0, 0.1) is 0 Å². The van der Waals surface area contributed by atoms with Crippen molar-refractivity contribution in [2.24, 2.45) is 0 Å². The normalized spacial score (nSPS) is 16.6. The molecule has 0 radical (unpaired) electrons. The van der Waals surface area contributed by atoms with E-state index >= 15 is 0 Å². The fourth-order valence-electron chi connectivity index (χ4n) is 4.69. The first-order chi connectivity index (χ1) is 20.8. The summed E-state index contributed by atoms with van der Waals surface area (Å²) in [5.74, 6) is 0.431. The minimum Gasteiger partial charge on any atom is -0.492 e. The Balaban J connectivity index is 1.43. The Morgan fingerprint density at radius 1 is 1.02 bits per heavy atom. The van der Waals surface area contributed by atoms with Gasteiger partial charge < -0.3 is 20.3 Å². The molecule has 2 bridgehead atoms. The van der Waals surface area contributed by atoms with Crippen LogP contribution in [-0.4, -0.2) is 69.4 Å². The number of hydrogen-bond donors (Lipinski definition) is 2. The fraction of sp³-hybridized carbons (Fsp3) is 0.290. The van der Waals surface area contributed by atoms with E-state index in [0.29, 0.717) is 52.9 Å². The number of aromatic nitrogens is 3. The van der Waals surface area contributed by atoms with Crippen LogP contribution in [0.5, 0.6) is 5.75 Å². The first-order valence-electron chi connectivity index (χ1n) is 14.0. The van der Waals surface area contributed by atoms with Gasteiger partial charge in [0.05, 0.1) is 29.6 Å². The molecule has 0 unspecified atom stereocenters. The molecule has 3 amide bonds. The number of thiophene rings is 1. The number of nitrogens with zero attached hydrogens (tertiary/aromatic N) is 4. The lowest BCUT2D eigenvalue weighted by Gasteiger charge is -2.23. The minimum atomic E-state index is -0.527. The van der Waals surface area contributed by atoms with E-state index in [4.69, 9.17) is 9.72 Å². The molecule has 0 saturated heterocycles. The summed E-state index contributed by atoms with van der Waals surface area (Å²) >= 11 is 1.19. The van der Waals surface area contributed by atoms with Crippen LogP contribution in [0.25, 0.3) is 11.4 Å². The summed E-state index contributed by atoms with van der Waals surface area (Å²) in [7, 11) is 0. The number of rotatable bonds is 3. The third-order valence-electron chi connectivity index (χ3n) is 6.87. The first kappa shape index (κ1) is 29.6. The van der Waals surface area contributed by atoms with Gasteiger partial charge in [-0.25, -0.2) is 9.67 Å². The third kappa shape index (κ3) is 7.33. The molecule has 0 spiro atoms. The maximum Gasteiger partial charge on any atom is 0.255 e. The van der Waals surface area contributed by atoms with Gasteiger partial charge in [0.25, 0.3) is 11.8 Å². The van der Waals surface area contributed by atoms with Crippen molar-refractivity contribution in [3.63, 3.8) is 0 Å². The summed E-state index contributed by atoms with van der Waals surface area (Å²) < 4.78 is 7.65. The second-order valence-corrected chi connectivity index (χ2v) is 11.1. The number of Topliss-reactive ketones (excluding diaryl/α,β-unsaturated/α-hetero) is 1. The van der Waals surface area contributed by atoms with E-state index in [9.17, 15) is 19.2 Å². The van der Waals surface area contributed by atoms with Crippen molar-refractivity contribution in [3.05, 3.63) is 87.9 Å². The van der Waals surface area contributed by atoms with Crippen molar-refractivity contribution in [2.45, 2.75) is 32.9 Å². The molecule has 0 saturated carbocycles. The highest BCUT2D eigenvalue weighted by Gasteiger charge is 2.24. The first-order valence-corrected chi connectivity index (χ1v) is 14.9. The molecule has 1 atom stereocenters. The molecule has 3 heterocycles. The summed E-state index contributed by atoms with van der Waals surface area (Å²) in [5.41, 5.74) is 1.62. The Bertz CT molecular complexity index is 1630. The van der Waals surface area contributed by atoms with Gasteiger partial charge in [0.2, 0.25) is 5.91 Å². The van der Waals surface area contributed by atoms with Gasteiger partial charge in [0.1, 0.15) is 18.2 Å². The summed E-state index contributed by atoms with van der Waals surface area (Å²) in [6.45, 7) is 4.14. The fourth-order valence-corrected chi connectivity index (χ4v) is 5.48. The highest BCUT2D eigenvalue weighted by atomic mass is 32.1. The Kier molecular flexibility index (Phi) is 9.26. The van der Waals surface area contributed by atoms with Crippen molar-refractivity contribution in [3.8, 4) is 17.1 Å². The molecule has 43 heavy (non-hydrogen) atoms. The summed E-state index contributed by atoms with van der Waals surface area (Å²) in [4.78, 5) is 58.0. The van der Waals surface area contributed by atoms with Gasteiger partial charge in [-0.2, -0.15) is 5.10 Å². The van der Waals surface area contributed by atoms with E-state index < -0.39 is 6.04 Å². The Labute approximate surface area is 252 Å². The van der Waals surface area contributed by atoms with Gasteiger partial charge >= 0.3 is 0 Å². The topological polar surface area (TPSA) is 136 Å². The zero-order chi connectivity index (χ0) is 30.3. The number of carbonyl (C=O) groups is 4. The predicted molar refractivity (Wildman–Crippen MR) is 161 cm³/mol. The number of fused-ring (bicyclic) bond motifs is 3. The number of carbonyl (C=O) groups excluding carboxylic acids is 4. The molecule has 11 nitrogen and oxygen atoms in total. The van der Waals surface area contributed by atoms with Crippen LogP contribution < -0.4 is 15.4 Å². The second-order valence-electron chi connectivity index (χ2n) is 10.1. The molecule has 222 valence electrons. The average Bonchev–Trinajstić information content (AvgIpc) is 3.67. The van der Waals surface area contributed by atoms with Crippen LogP contribution in [0.2, 0.25) is 0 Å². The molecule has 2 aromatic carbocycles. The lowest BCUT2D eigenvalue weighted by atomic mass is 10.2. The SMILES string of the molecule is CC(=O)c1cc(C(=O)N2CCCNC(=O)c3cccc(c3)OCCn3nc(-c4ccccc4)nc3[C@H](C)NC(=O)C2)cs1. The van der Waals surface area contributed by atoms with E-state index in [1.54, 1.807) is 40.4 Å². The Morgan fingerprint density at radius 3 is 2.58 bits per heavy atom. The van der Waals surface area contributed by atoms with Crippen molar-refractivity contribution >= 4 is 34.8 Å². The van der Waals surface area contributed by atoms with Crippen molar-refractivity contribution in [1.82, 2.24) is 30.3 Å². The molecule has 1 aliphatic rings. The van der Waals surface area contributed by atoms with E-state index in [2.05, 4.69) is 15.7 Å². The van der Waals surface area contributed by atoms with E-state index in [1.807, 2.05) is 37.3 Å². The van der Waals surface area contributed by atoms with Gasteiger partial charge in [-0.15, -0.1) is 11.3 Å². The van der Waals surface area contributed by atoms with E-state index in [1.165, 1.54) is 23.2 Å². The zero-order valence-electron chi connectivity index (χ0n) is 23.9. The largest absolute Gasteiger partial charge is 0.492 e. The van der Waals surface area contributed by atoms with Gasteiger partial charge in [0, 0.05) is 29.6 Å². The van der Waals surface area contributed by atoms with Crippen LogP contribution >= 0.6 is 11.3 Å². The predicted octanol–water partition coefficient (Wildman–Crippen LogP) is 3.74. The summed E-state index contributed by atoms with van der Waals surface area (Å²) in [6, 6.07) is 17.5. The Morgan fingerprint density at radius 2 is 1.81 bits per heavy atom. The van der Waals surface area contributed by atoms with Crippen LogP contribution in [0.1, 0.15) is 62.5 Å².